The zero-order chi connectivity index (χ0) is 11.3. The number of ether oxygens (including phenoxy) is 1. The summed E-state index contributed by atoms with van der Waals surface area (Å²) in [6, 6.07) is 4.46. The van der Waals surface area contributed by atoms with Crippen LogP contribution in [0.2, 0.25) is 5.02 Å². The van der Waals surface area contributed by atoms with E-state index in [0.717, 1.165) is 19.3 Å². The summed E-state index contributed by atoms with van der Waals surface area (Å²) in [4.78, 5) is 0. The van der Waals surface area contributed by atoms with Crippen molar-refractivity contribution < 1.29 is 9.13 Å². The smallest absolute Gasteiger partial charge is 0.142 e. The molecule has 0 saturated heterocycles. The Morgan fingerprint density at radius 3 is 2.67 bits per heavy atom. The highest BCUT2D eigenvalue weighted by atomic mass is 35.5. The van der Waals surface area contributed by atoms with Crippen LogP contribution in [-0.2, 0) is 0 Å². The zero-order valence-corrected chi connectivity index (χ0v) is 9.85. The zero-order valence-electron chi connectivity index (χ0n) is 9.09. The molecule has 0 bridgehead atoms. The van der Waals surface area contributed by atoms with Gasteiger partial charge in [-0.2, -0.15) is 0 Å². The summed E-state index contributed by atoms with van der Waals surface area (Å²) >= 11 is 5.66. The third-order valence-electron chi connectivity index (χ3n) is 2.26. The van der Waals surface area contributed by atoms with Crippen molar-refractivity contribution in [3.63, 3.8) is 0 Å². The van der Waals surface area contributed by atoms with Gasteiger partial charge in [0.25, 0.3) is 0 Å². The van der Waals surface area contributed by atoms with Crippen LogP contribution >= 0.6 is 11.6 Å². The first kappa shape index (κ1) is 12.3. The van der Waals surface area contributed by atoms with E-state index < -0.39 is 5.82 Å². The second-order valence-corrected chi connectivity index (χ2v) is 3.92. The number of rotatable bonds is 5. The first-order valence-electron chi connectivity index (χ1n) is 5.29. The minimum atomic E-state index is -0.410. The van der Waals surface area contributed by atoms with Crippen molar-refractivity contribution in [2.75, 3.05) is 0 Å². The molecular formula is C12H16ClFO. The second kappa shape index (κ2) is 5.96. The Morgan fingerprint density at radius 2 is 2.13 bits per heavy atom. The SMILES string of the molecule is CCCC(CC)Oc1ccc(F)c(Cl)c1. The van der Waals surface area contributed by atoms with E-state index in [1.807, 2.05) is 0 Å². The summed E-state index contributed by atoms with van der Waals surface area (Å²) < 4.78 is 18.6. The van der Waals surface area contributed by atoms with Crippen LogP contribution in [0.15, 0.2) is 18.2 Å². The van der Waals surface area contributed by atoms with Crippen LogP contribution in [0.5, 0.6) is 5.75 Å². The molecule has 0 saturated carbocycles. The van der Waals surface area contributed by atoms with Crippen LogP contribution in [0.4, 0.5) is 4.39 Å². The van der Waals surface area contributed by atoms with Gasteiger partial charge in [-0.05, 0) is 25.0 Å². The molecule has 1 aromatic rings. The Balaban J connectivity index is 2.66. The number of hydrogen-bond acceptors (Lipinski definition) is 1. The molecule has 15 heavy (non-hydrogen) atoms. The molecule has 0 fully saturated rings. The van der Waals surface area contributed by atoms with Crippen molar-refractivity contribution in [1.29, 1.82) is 0 Å². The Kier molecular flexibility index (Phi) is 4.89. The molecule has 1 aromatic carbocycles. The Morgan fingerprint density at radius 1 is 1.40 bits per heavy atom. The first-order chi connectivity index (χ1) is 7.17. The summed E-state index contributed by atoms with van der Waals surface area (Å²) in [7, 11) is 0. The lowest BCUT2D eigenvalue weighted by atomic mass is 10.1. The topological polar surface area (TPSA) is 9.23 Å². The average Bonchev–Trinajstić information content (AvgIpc) is 2.23. The molecule has 1 atom stereocenters. The monoisotopic (exact) mass is 230 g/mol. The number of hydrogen-bond donors (Lipinski definition) is 0. The lowest BCUT2D eigenvalue weighted by Gasteiger charge is -2.16. The van der Waals surface area contributed by atoms with Crippen molar-refractivity contribution in [3.05, 3.63) is 29.0 Å². The van der Waals surface area contributed by atoms with Gasteiger partial charge in [0.05, 0.1) is 11.1 Å². The van der Waals surface area contributed by atoms with E-state index in [2.05, 4.69) is 13.8 Å². The van der Waals surface area contributed by atoms with Gasteiger partial charge in [0.1, 0.15) is 11.6 Å². The molecule has 0 amide bonds. The summed E-state index contributed by atoms with van der Waals surface area (Å²) in [5, 5.41) is 0.110. The molecular weight excluding hydrogens is 215 g/mol. The summed E-state index contributed by atoms with van der Waals surface area (Å²) in [5.74, 6) is 0.231. The molecule has 0 heterocycles. The van der Waals surface area contributed by atoms with Gasteiger partial charge in [-0.25, -0.2) is 4.39 Å². The van der Waals surface area contributed by atoms with Gasteiger partial charge in [-0.15, -0.1) is 0 Å². The maximum atomic E-state index is 12.9. The van der Waals surface area contributed by atoms with Crippen LogP contribution in [0.1, 0.15) is 33.1 Å². The van der Waals surface area contributed by atoms with Crippen LogP contribution < -0.4 is 4.74 Å². The molecule has 0 aliphatic rings. The lowest BCUT2D eigenvalue weighted by molar-refractivity contribution is 0.185. The molecule has 0 N–H and O–H groups in total. The predicted molar refractivity (Wildman–Crippen MR) is 61.0 cm³/mol. The summed E-state index contributed by atoms with van der Waals surface area (Å²) in [6.07, 6.45) is 3.22. The third kappa shape index (κ3) is 3.71. The van der Waals surface area contributed by atoms with Crippen LogP contribution in [-0.4, -0.2) is 6.10 Å². The minimum absolute atomic E-state index is 0.110. The van der Waals surface area contributed by atoms with Crippen molar-refractivity contribution in [3.8, 4) is 5.75 Å². The molecule has 1 unspecified atom stereocenters. The highest BCUT2D eigenvalue weighted by Crippen LogP contribution is 2.23. The highest BCUT2D eigenvalue weighted by molar-refractivity contribution is 6.30. The molecule has 1 nitrogen and oxygen atoms in total. The molecule has 1 rings (SSSR count). The molecule has 0 aliphatic heterocycles. The Bertz CT molecular complexity index is 314. The number of halogens is 2. The molecule has 0 aliphatic carbocycles. The second-order valence-electron chi connectivity index (χ2n) is 3.51. The largest absolute Gasteiger partial charge is 0.490 e. The quantitative estimate of drug-likeness (QED) is 0.727. The number of benzene rings is 1. The third-order valence-corrected chi connectivity index (χ3v) is 2.55. The van der Waals surface area contributed by atoms with Crippen molar-refractivity contribution >= 4 is 11.6 Å². The van der Waals surface area contributed by atoms with E-state index in [1.165, 1.54) is 12.1 Å². The molecule has 0 spiro atoms. The van der Waals surface area contributed by atoms with Gasteiger partial charge in [0, 0.05) is 6.07 Å². The van der Waals surface area contributed by atoms with E-state index >= 15 is 0 Å². The molecule has 0 radical (unpaired) electrons. The fourth-order valence-electron chi connectivity index (χ4n) is 1.41. The fourth-order valence-corrected chi connectivity index (χ4v) is 1.58. The van der Waals surface area contributed by atoms with Gasteiger partial charge in [-0.3, -0.25) is 0 Å². The van der Waals surface area contributed by atoms with E-state index in [0.29, 0.717) is 5.75 Å². The van der Waals surface area contributed by atoms with Crippen molar-refractivity contribution in [2.24, 2.45) is 0 Å². The standard InChI is InChI=1S/C12H16ClFO/c1-3-5-9(4-2)15-10-6-7-12(14)11(13)8-10/h6-9H,3-5H2,1-2H3. The summed E-state index contributed by atoms with van der Waals surface area (Å²) in [5.41, 5.74) is 0. The van der Waals surface area contributed by atoms with Gasteiger partial charge in [0.15, 0.2) is 0 Å². The molecule has 3 heteroatoms. The van der Waals surface area contributed by atoms with E-state index in [1.54, 1.807) is 6.07 Å². The fraction of sp³-hybridized carbons (Fsp3) is 0.500. The maximum absolute atomic E-state index is 12.9. The van der Waals surface area contributed by atoms with Gasteiger partial charge >= 0.3 is 0 Å². The predicted octanol–water partition coefficient (Wildman–Crippen LogP) is 4.44. The Hall–Kier alpha value is -0.760. The minimum Gasteiger partial charge on any atom is -0.490 e. The van der Waals surface area contributed by atoms with E-state index in [4.69, 9.17) is 16.3 Å². The average molecular weight is 231 g/mol. The van der Waals surface area contributed by atoms with E-state index in [-0.39, 0.29) is 11.1 Å². The normalized spacial score (nSPS) is 12.5. The summed E-state index contributed by atoms with van der Waals surface area (Å²) in [6.45, 7) is 4.19. The Labute approximate surface area is 95.2 Å². The van der Waals surface area contributed by atoms with Gasteiger partial charge in [0.2, 0.25) is 0 Å². The molecule has 84 valence electrons. The van der Waals surface area contributed by atoms with Crippen LogP contribution in [0, 0.1) is 5.82 Å². The first-order valence-corrected chi connectivity index (χ1v) is 5.66. The maximum Gasteiger partial charge on any atom is 0.142 e. The lowest BCUT2D eigenvalue weighted by Crippen LogP contribution is -2.14. The van der Waals surface area contributed by atoms with Crippen molar-refractivity contribution in [1.82, 2.24) is 0 Å². The van der Waals surface area contributed by atoms with Crippen molar-refractivity contribution in [2.45, 2.75) is 39.2 Å². The van der Waals surface area contributed by atoms with Gasteiger partial charge in [-0.1, -0.05) is 31.9 Å². The highest BCUT2D eigenvalue weighted by Gasteiger charge is 2.08. The van der Waals surface area contributed by atoms with Gasteiger partial charge < -0.3 is 4.74 Å². The van der Waals surface area contributed by atoms with Crippen LogP contribution in [0.3, 0.4) is 0 Å². The van der Waals surface area contributed by atoms with Crippen LogP contribution in [0.25, 0.3) is 0 Å². The molecule has 0 aromatic heterocycles. The van der Waals surface area contributed by atoms with E-state index in [9.17, 15) is 4.39 Å².